The fourth-order valence-corrected chi connectivity index (χ4v) is 2.65. The molecule has 0 aliphatic rings. The Morgan fingerprint density at radius 3 is 2.46 bits per heavy atom. The number of carbonyl (C=O) groups excluding carboxylic acids is 1. The maximum atomic E-state index is 13.9. The topological polar surface area (TPSA) is 94.0 Å². The van der Waals surface area contributed by atoms with Gasteiger partial charge >= 0.3 is 0 Å². The van der Waals surface area contributed by atoms with Crippen molar-refractivity contribution < 1.29 is 13.7 Å². The molecule has 0 radical (unpaired) electrons. The average molecular weight is 405 g/mol. The summed E-state index contributed by atoms with van der Waals surface area (Å²) in [6.45, 7) is 4.27. The van der Waals surface area contributed by atoms with Crippen LogP contribution in [0.25, 0.3) is 11.4 Å². The number of carbonyl (C=O) groups is 1. The van der Waals surface area contributed by atoms with Crippen LogP contribution in [0.2, 0.25) is 0 Å². The Bertz CT molecular complexity index is 928. The van der Waals surface area contributed by atoms with Gasteiger partial charge in [0.05, 0.1) is 5.56 Å². The number of hydrogen-bond donors (Lipinski definition) is 2. The molecule has 0 aliphatic heterocycles. The maximum Gasteiger partial charge on any atom is 0.254 e. The van der Waals surface area contributed by atoms with Crippen LogP contribution in [0.5, 0.6) is 0 Å². The van der Waals surface area contributed by atoms with E-state index in [2.05, 4.69) is 15.5 Å². The third-order valence-corrected chi connectivity index (χ3v) is 4.23. The van der Waals surface area contributed by atoms with Crippen LogP contribution < -0.4 is 11.1 Å². The molecule has 1 unspecified atom stereocenters. The molecule has 8 heteroatoms. The lowest BCUT2D eigenvalue weighted by molar-refractivity contribution is 0.0910. The SMILES string of the molecule is CC(C)C(NC(=O)c1ccccc1F)c1nc(-c2ccc(CN)cc2)no1.Cl. The predicted molar refractivity (Wildman–Crippen MR) is 106 cm³/mol. The van der Waals surface area contributed by atoms with Crippen molar-refractivity contribution in [2.45, 2.75) is 26.4 Å². The van der Waals surface area contributed by atoms with Gasteiger partial charge in [-0.25, -0.2) is 4.39 Å². The zero-order chi connectivity index (χ0) is 19.4. The molecule has 1 amide bonds. The number of hydrogen-bond acceptors (Lipinski definition) is 5. The Morgan fingerprint density at radius 2 is 1.86 bits per heavy atom. The summed E-state index contributed by atoms with van der Waals surface area (Å²) < 4.78 is 19.2. The molecular weight excluding hydrogens is 383 g/mol. The Labute approximate surface area is 168 Å². The fourth-order valence-electron chi connectivity index (χ4n) is 2.65. The highest BCUT2D eigenvalue weighted by Gasteiger charge is 2.26. The molecular formula is C20H22ClFN4O2. The predicted octanol–water partition coefficient (Wildman–Crippen LogP) is 3.88. The fraction of sp³-hybridized carbons (Fsp3) is 0.250. The van der Waals surface area contributed by atoms with Gasteiger partial charge in [-0.2, -0.15) is 4.98 Å². The van der Waals surface area contributed by atoms with E-state index in [1.165, 1.54) is 18.2 Å². The third-order valence-electron chi connectivity index (χ3n) is 4.23. The molecule has 0 saturated carbocycles. The Morgan fingerprint density at radius 1 is 1.18 bits per heavy atom. The molecule has 3 N–H and O–H groups in total. The first kappa shape index (κ1) is 21.5. The van der Waals surface area contributed by atoms with Crippen molar-refractivity contribution in [2.24, 2.45) is 11.7 Å². The van der Waals surface area contributed by atoms with Crippen molar-refractivity contribution in [3.05, 3.63) is 71.4 Å². The van der Waals surface area contributed by atoms with E-state index in [1.54, 1.807) is 6.07 Å². The maximum absolute atomic E-state index is 13.9. The van der Waals surface area contributed by atoms with Gasteiger partial charge in [-0.3, -0.25) is 4.79 Å². The Kier molecular flexibility index (Phi) is 7.25. The molecule has 1 atom stereocenters. The smallest absolute Gasteiger partial charge is 0.254 e. The molecule has 0 fully saturated rings. The lowest BCUT2D eigenvalue weighted by Crippen LogP contribution is -2.32. The number of rotatable bonds is 6. The molecule has 148 valence electrons. The number of benzene rings is 2. The standard InChI is InChI=1S/C20H21FN4O2.ClH/c1-12(2)17(23-19(26)15-5-3-4-6-16(15)21)20-24-18(25-27-20)14-9-7-13(11-22)8-10-14;/h3-10,12,17H,11,22H2,1-2H3,(H,23,26);1H. The van der Waals surface area contributed by atoms with E-state index in [0.29, 0.717) is 12.4 Å². The first-order valence-corrected chi connectivity index (χ1v) is 8.68. The van der Waals surface area contributed by atoms with Gasteiger partial charge in [-0.15, -0.1) is 12.4 Å². The molecule has 3 aromatic rings. The second-order valence-corrected chi connectivity index (χ2v) is 6.53. The van der Waals surface area contributed by atoms with Crippen LogP contribution in [0.3, 0.4) is 0 Å². The van der Waals surface area contributed by atoms with Gasteiger partial charge in [0.1, 0.15) is 11.9 Å². The molecule has 0 aliphatic carbocycles. The summed E-state index contributed by atoms with van der Waals surface area (Å²) in [7, 11) is 0. The van der Waals surface area contributed by atoms with Crippen molar-refractivity contribution in [1.82, 2.24) is 15.5 Å². The van der Waals surface area contributed by atoms with E-state index in [-0.39, 0.29) is 29.8 Å². The summed E-state index contributed by atoms with van der Waals surface area (Å²) in [5.41, 5.74) is 7.36. The molecule has 6 nitrogen and oxygen atoms in total. The lowest BCUT2D eigenvalue weighted by Gasteiger charge is -2.18. The van der Waals surface area contributed by atoms with Gasteiger partial charge in [-0.05, 0) is 23.6 Å². The van der Waals surface area contributed by atoms with Crippen molar-refractivity contribution in [3.63, 3.8) is 0 Å². The summed E-state index contributed by atoms with van der Waals surface area (Å²) in [4.78, 5) is 16.9. The number of nitrogens with zero attached hydrogens (tertiary/aromatic N) is 2. The highest BCUT2D eigenvalue weighted by atomic mass is 35.5. The van der Waals surface area contributed by atoms with Gasteiger partial charge in [-0.1, -0.05) is 55.4 Å². The molecule has 28 heavy (non-hydrogen) atoms. The minimum Gasteiger partial charge on any atom is -0.340 e. The van der Waals surface area contributed by atoms with Crippen LogP contribution in [-0.2, 0) is 6.54 Å². The van der Waals surface area contributed by atoms with Gasteiger partial charge in [0.15, 0.2) is 0 Å². The van der Waals surface area contributed by atoms with Crippen molar-refractivity contribution in [3.8, 4) is 11.4 Å². The second-order valence-electron chi connectivity index (χ2n) is 6.53. The molecule has 0 spiro atoms. The van der Waals surface area contributed by atoms with Crippen LogP contribution in [0, 0.1) is 11.7 Å². The van der Waals surface area contributed by atoms with E-state index in [0.717, 1.165) is 11.1 Å². The number of nitrogens with one attached hydrogen (secondary N) is 1. The van der Waals surface area contributed by atoms with Crippen LogP contribution in [0.1, 0.15) is 41.7 Å². The molecule has 1 aromatic heterocycles. The van der Waals surface area contributed by atoms with Crippen molar-refractivity contribution in [2.75, 3.05) is 0 Å². The van der Waals surface area contributed by atoms with E-state index in [4.69, 9.17) is 10.3 Å². The molecule has 3 rings (SSSR count). The van der Waals surface area contributed by atoms with Gasteiger partial charge in [0.2, 0.25) is 11.7 Å². The summed E-state index contributed by atoms with van der Waals surface area (Å²) in [5.74, 6) is -0.455. The monoisotopic (exact) mass is 404 g/mol. The van der Waals surface area contributed by atoms with Crippen LogP contribution in [0.4, 0.5) is 4.39 Å². The zero-order valence-corrected chi connectivity index (χ0v) is 16.4. The molecule has 1 heterocycles. The highest BCUT2D eigenvalue weighted by molar-refractivity contribution is 5.94. The number of aromatic nitrogens is 2. The minimum atomic E-state index is -0.580. The van der Waals surface area contributed by atoms with E-state index < -0.39 is 17.8 Å². The zero-order valence-electron chi connectivity index (χ0n) is 15.6. The molecule has 0 saturated heterocycles. The minimum absolute atomic E-state index is 0. The van der Waals surface area contributed by atoms with E-state index in [1.807, 2.05) is 38.1 Å². The van der Waals surface area contributed by atoms with E-state index in [9.17, 15) is 9.18 Å². The van der Waals surface area contributed by atoms with Gasteiger partial charge in [0.25, 0.3) is 5.91 Å². The average Bonchev–Trinajstić information content (AvgIpc) is 3.16. The van der Waals surface area contributed by atoms with Crippen molar-refractivity contribution >= 4 is 18.3 Å². The summed E-state index contributed by atoms with van der Waals surface area (Å²) >= 11 is 0. The number of nitrogens with two attached hydrogens (primary N) is 1. The molecule has 0 bridgehead atoms. The summed E-state index contributed by atoms with van der Waals surface area (Å²) in [6.07, 6.45) is 0. The summed E-state index contributed by atoms with van der Waals surface area (Å²) in [5, 5.41) is 6.78. The van der Waals surface area contributed by atoms with Gasteiger partial charge < -0.3 is 15.6 Å². The number of amides is 1. The third kappa shape index (κ3) is 4.74. The molecule has 2 aromatic carbocycles. The Balaban J connectivity index is 0.00000280. The quantitative estimate of drug-likeness (QED) is 0.650. The Hall–Kier alpha value is -2.77. The summed E-state index contributed by atoms with van der Waals surface area (Å²) in [6, 6.07) is 12.8. The van der Waals surface area contributed by atoms with Crippen LogP contribution >= 0.6 is 12.4 Å². The van der Waals surface area contributed by atoms with Crippen LogP contribution in [-0.4, -0.2) is 16.0 Å². The van der Waals surface area contributed by atoms with E-state index >= 15 is 0 Å². The van der Waals surface area contributed by atoms with Crippen molar-refractivity contribution in [1.29, 1.82) is 0 Å². The first-order chi connectivity index (χ1) is 13.0. The second kappa shape index (κ2) is 9.43. The lowest BCUT2D eigenvalue weighted by atomic mass is 10.0. The van der Waals surface area contributed by atoms with Crippen LogP contribution in [0.15, 0.2) is 53.1 Å². The highest BCUT2D eigenvalue weighted by Crippen LogP contribution is 2.24. The normalized spacial score (nSPS) is 11.8. The first-order valence-electron chi connectivity index (χ1n) is 8.68. The number of halogens is 2. The van der Waals surface area contributed by atoms with Gasteiger partial charge in [0, 0.05) is 12.1 Å². The largest absolute Gasteiger partial charge is 0.340 e.